The lowest BCUT2D eigenvalue weighted by molar-refractivity contribution is -0.193. The van der Waals surface area contributed by atoms with E-state index in [1.54, 1.807) is 0 Å². The van der Waals surface area contributed by atoms with Gasteiger partial charge < -0.3 is 14.4 Å². The summed E-state index contributed by atoms with van der Waals surface area (Å²) in [6, 6.07) is 0.611. The average Bonchev–Trinajstić information content (AvgIpc) is 3.61. The highest BCUT2D eigenvalue weighted by Crippen LogP contribution is 2.44. The number of hydrogen-bond acceptors (Lipinski definition) is 3. The Morgan fingerprint density at radius 3 is 1.21 bits per heavy atom. The number of allylic oxidation sites excluding steroid dienone is 4. The summed E-state index contributed by atoms with van der Waals surface area (Å²) in [5.74, 6) is -0.294. The number of unbranched alkanes of at least 4 members (excludes halogenated alkanes) is 24. The first-order valence-corrected chi connectivity index (χ1v) is 21.4. The van der Waals surface area contributed by atoms with Crippen molar-refractivity contribution >= 4 is 0 Å². The molecule has 1 aliphatic carbocycles. The van der Waals surface area contributed by atoms with Gasteiger partial charge in [-0.3, -0.25) is 0 Å². The van der Waals surface area contributed by atoms with Crippen LogP contribution in [0.3, 0.4) is 0 Å². The Bertz CT molecular complexity index is 731. The standard InChI is InChI=1S/C44H83NO2/c1-5-7-9-11-13-15-17-19-21-23-25-27-29-31-33-35-37-44(46-42-39-41(45(3)4)40-43(42)47-44)38-36-34-32-30-28-26-24-22-20-18-16-14-12-10-8-6-2/h13,15,19,21,41-43H,5-12,14,16-18,20,22-40H2,1-4H3/b15-13-,21-19-/t41-,42-,43?,44?/m0/s1. The molecule has 1 saturated carbocycles. The Hall–Kier alpha value is -0.640. The summed E-state index contributed by atoms with van der Waals surface area (Å²) in [6.45, 7) is 4.58. The van der Waals surface area contributed by atoms with Gasteiger partial charge in [0, 0.05) is 18.9 Å². The fourth-order valence-corrected chi connectivity index (χ4v) is 7.87. The van der Waals surface area contributed by atoms with Gasteiger partial charge in [-0.1, -0.05) is 173 Å². The van der Waals surface area contributed by atoms with Crippen LogP contribution >= 0.6 is 0 Å². The molecular formula is C44H83NO2. The molecule has 4 atom stereocenters. The van der Waals surface area contributed by atoms with E-state index in [1.165, 1.54) is 173 Å². The van der Waals surface area contributed by atoms with Crippen molar-refractivity contribution in [1.82, 2.24) is 4.90 Å². The minimum absolute atomic E-state index is 0.294. The molecule has 47 heavy (non-hydrogen) atoms. The first-order chi connectivity index (χ1) is 23.1. The molecule has 0 aromatic heterocycles. The summed E-state index contributed by atoms with van der Waals surface area (Å²) < 4.78 is 13.7. The van der Waals surface area contributed by atoms with Crippen molar-refractivity contribution in [3.8, 4) is 0 Å². The summed E-state index contributed by atoms with van der Waals surface area (Å²) in [5.41, 5.74) is 0. The smallest absolute Gasteiger partial charge is 0.169 e. The predicted molar refractivity (Wildman–Crippen MR) is 207 cm³/mol. The second-order valence-electron chi connectivity index (χ2n) is 15.7. The van der Waals surface area contributed by atoms with Crippen LogP contribution in [-0.2, 0) is 9.47 Å². The fraction of sp³-hybridized carbons (Fsp3) is 0.909. The first kappa shape index (κ1) is 42.5. The number of nitrogens with zero attached hydrogens (tertiary/aromatic N) is 1. The minimum atomic E-state index is -0.294. The van der Waals surface area contributed by atoms with Crippen molar-refractivity contribution in [3.63, 3.8) is 0 Å². The van der Waals surface area contributed by atoms with Crippen LogP contribution in [0.25, 0.3) is 0 Å². The molecule has 0 spiro atoms. The Kier molecular flexibility index (Phi) is 26.4. The van der Waals surface area contributed by atoms with Gasteiger partial charge in [0.2, 0.25) is 0 Å². The summed E-state index contributed by atoms with van der Waals surface area (Å²) in [4.78, 5) is 2.37. The second-order valence-corrected chi connectivity index (χ2v) is 15.7. The summed E-state index contributed by atoms with van der Waals surface area (Å²) in [7, 11) is 4.42. The first-order valence-electron chi connectivity index (χ1n) is 21.4. The molecule has 2 unspecified atom stereocenters. The van der Waals surface area contributed by atoms with Crippen LogP contribution < -0.4 is 0 Å². The molecule has 2 rings (SSSR count). The molecule has 3 nitrogen and oxygen atoms in total. The van der Waals surface area contributed by atoms with Gasteiger partial charge in [0.05, 0.1) is 12.2 Å². The molecule has 1 aliphatic heterocycles. The van der Waals surface area contributed by atoms with E-state index < -0.39 is 0 Å². The van der Waals surface area contributed by atoms with Crippen LogP contribution in [0.5, 0.6) is 0 Å². The third-order valence-corrected chi connectivity index (χ3v) is 11.1. The molecule has 0 amide bonds. The van der Waals surface area contributed by atoms with Crippen LogP contribution in [0.2, 0.25) is 0 Å². The van der Waals surface area contributed by atoms with Gasteiger partial charge in [-0.2, -0.15) is 0 Å². The minimum Gasteiger partial charge on any atom is -0.344 e. The Labute approximate surface area is 295 Å². The Morgan fingerprint density at radius 1 is 0.468 bits per heavy atom. The largest absolute Gasteiger partial charge is 0.344 e. The molecule has 276 valence electrons. The lowest BCUT2D eigenvalue weighted by atomic mass is 9.98. The van der Waals surface area contributed by atoms with E-state index in [-0.39, 0.29) is 5.79 Å². The molecular weight excluding hydrogens is 574 g/mol. The van der Waals surface area contributed by atoms with Gasteiger partial charge in [-0.25, -0.2) is 0 Å². The van der Waals surface area contributed by atoms with Crippen molar-refractivity contribution in [2.75, 3.05) is 14.1 Å². The van der Waals surface area contributed by atoms with Gasteiger partial charge in [0.25, 0.3) is 0 Å². The molecule has 2 fully saturated rings. The zero-order chi connectivity index (χ0) is 33.7. The lowest BCUT2D eigenvalue weighted by Gasteiger charge is -2.31. The highest BCUT2D eigenvalue weighted by Gasteiger charge is 2.51. The summed E-state index contributed by atoms with van der Waals surface area (Å²) >= 11 is 0. The molecule has 3 heteroatoms. The zero-order valence-electron chi connectivity index (χ0n) is 32.4. The molecule has 1 saturated heterocycles. The maximum atomic E-state index is 6.84. The van der Waals surface area contributed by atoms with Crippen molar-refractivity contribution in [1.29, 1.82) is 0 Å². The van der Waals surface area contributed by atoms with E-state index in [0.29, 0.717) is 18.2 Å². The van der Waals surface area contributed by atoms with E-state index in [1.807, 2.05) is 0 Å². The van der Waals surface area contributed by atoms with Crippen molar-refractivity contribution < 1.29 is 9.47 Å². The SMILES string of the molecule is CCCCC/C=C\C/C=C\CCCCCCCCC1(CCCCCCCCCCCCCCCCCC)OC2C[C@@H](N(C)C)C[C@@H]2O1. The van der Waals surface area contributed by atoms with Gasteiger partial charge in [-0.05, 0) is 71.9 Å². The monoisotopic (exact) mass is 658 g/mol. The van der Waals surface area contributed by atoms with Crippen molar-refractivity contribution in [2.24, 2.45) is 0 Å². The molecule has 1 heterocycles. The quantitative estimate of drug-likeness (QED) is 0.0518. The molecule has 0 bridgehead atoms. The molecule has 0 aromatic rings. The van der Waals surface area contributed by atoms with Gasteiger partial charge in [0.1, 0.15) is 0 Å². The van der Waals surface area contributed by atoms with Gasteiger partial charge in [-0.15, -0.1) is 0 Å². The number of hydrogen-bond donors (Lipinski definition) is 0. The summed E-state index contributed by atoms with van der Waals surface area (Å²) in [5, 5.41) is 0. The second kappa shape index (κ2) is 29.1. The van der Waals surface area contributed by atoms with E-state index >= 15 is 0 Å². The van der Waals surface area contributed by atoms with Crippen LogP contribution in [0.4, 0.5) is 0 Å². The Morgan fingerprint density at radius 2 is 0.809 bits per heavy atom. The topological polar surface area (TPSA) is 21.7 Å². The molecule has 0 radical (unpaired) electrons. The van der Waals surface area contributed by atoms with Crippen LogP contribution in [0.1, 0.15) is 219 Å². The van der Waals surface area contributed by atoms with Crippen LogP contribution in [-0.4, -0.2) is 43.0 Å². The van der Waals surface area contributed by atoms with Gasteiger partial charge in [0.15, 0.2) is 5.79 Å². The molecule has 0 N–H and O–H groups in total. The van der Waals surface area contributed by atoms with E-state index in [2.05, 4.69) is 57.1 Å². The van der Waals surface area contributed by atoms with Crippen LogP contribution in [0, 0.1) is 0 Å². The highest BCUT2D eigenvalue weighted by atomic mass is 16.8. The zero-order valence-corrected chi connectivity index (χ0v) is 32.4. The van der Waals surface area contributed by atoms with Gasteiger partial charge >= 0.3 is 0 Å². The number of ether oxygens (including phenoxy) is 2. The van der Waals surface area contributed by atoms with Crippen LogP contribution in [0.15, 0.2) is 24.3 Å². The lowest BCUT2D eigenvalue weighted by Crippen LogP contribution is -2.34. The Balaban J connectivity index is 1.52. The van der Waals surface area contributed by atoms with Crippen molar-refractivity contribution in [2.45, 2.75) is 243 Å². The maximum Gasteiger partial charge on any atom is 0.169 e. The van der Waals surface area contributed by atoms with E-state index in [0.717, 1.165) is 32.1 Å². The van der Waals surface area contributed by atoms with E-state index in [4.69, 9.17) is 9.47 Å². The normalized spacial score (nSPS) is 22.9. The van der Waals surface area contributed by atoms with E-state index in [9.17, 15) is 0 Å². The third kappa shape index (κ3) is 21.2. The molecule has 0 aromatic carbocycles. The highest BCUT2D eigenvalue weighted by molar-refractivity contribution is 4.96. The predicted octanol–water partition coefficient (Wildman–Crippen LogP) is 14.0. The van der Waals surface area contributed by atoms with Crippen molar-refractivity contribution in [3.05, 3.63) is 24.3 Å². The summed E-state index contributed by atoms with van der Waals surface area (Å²) in [6.07, 6.45) is 52.9. The average molecular weight is 658 g/mol. The fourth-order valence-electron chi connectivity index (χ4n) is 7.87. The number of rotatable bonds is 33. The third-order valence-electron chi connectivity index (χ3n) is 11.1. The number of fused-ring (bicyclic) bond motifs is 1. The molecule has 2 aliphatic rings. The maximum absolute atomic E-state index is 6.84.